The lowest BCUT2D eigenvalue weighted by Gasteiger charge is -2.14. The van der Waals surface area contributed by atoms with Gasteiger partial charge in [-0.05, 0) is 0 Å². The summed E-state index contributed by atoms with van der Waals surface area (Å²) < 4.78 is 9.87. The Kier molecular flexibility index (Phi) is 4.46. The maximum absolute atomic E-state index is 10.8. The smallest absolute Gasteiger partial charge is 0.305 e. The third kappa shape index (κ3) is 2.88. The molecule has 0 bridgehead atoms. The molecule has 0 spiro atoms. The second-order valence-electron chi connectivity index (χ2n) is 3.41. The molecule has 1 saturated heterocycles. The molecule has 0 aromatic rings. The summed E-state index contributed by atoms with van der Waals surface area (Å²) in [4.78, 5) is 10.8. The van der Waals surface area contributed by atoms with Crippen LogP contribution in [0.25, 0.3) is 0 Å². The van der Waals surface area contributed by atoms with Gasteiger partial charge in [-0.3, -0.25) is 4.79 Å². The van der Waals surface area contributed by atoms with Crippen molar-refractivity contribution in [2.45, 2.75) is 37.8 Å². The van der Waals surface area contributed by atoms with Crippen molar-refractivity contribution in [3.63, 3.8) is 0 Å². The zero-order chi connectivity index (χ0) is 11.4. The Labute approximate surface area is 87.4 Å². The van der Waals surface area contributed by atoms with Crippen LogP contribution in [0.1, 0.15) is 13.3 Å². The number of carbonyl (C=O) groups is 1. The number of hydrogen-bond acceptors (Lipinski definition) is 6. The van der Waals surface area contributed by atoms with E-state index < -0.39 is 30.4 Å². The minimum atomic E-state index is -1.14. The van der Waals surface area contributed by atoms with Gasteiger partial charge in [0.05, 0.1) is 6.61 Å². The maximum Gasteiger partial charge on any atom is 0.305 e. The standard InChI is InChI=1S/C9H16O6/c1-2-7(11)14-4-6-9(13)8(12)5(3-10)15-6/h5-6,8-10,12-13H,2-4H2,1H3/t5-,6+,8-,9-/m1/s1. The van der Waals surface area contributed by atoms with Crippen LogP contribution in [-0.2, 0) is 14.3 Å². The van der Waals surface area contributed by atoms with Crippen LogP contribution >= 0.6 is 0 Å². The van der Waals surface area contributed by atoms with Crippen LogP contribution < -0.4 is 0 Å². The summed E-state index contributed by atoms with van der Waals surface area (Å²) in [5.41, 5.74) is 0. The average molecular weight is 220 g/mol. The number of rotatable bonds is 4. The molecule has 1 rings (SSSR count). The number of aliphatic hydroxyl groups excluding tert-OH is 3. The molecular formula is C9H16O6. The van der Waals surface area contributed by atoms with E-state index in [1.54, 1.807) is 6.92 Å². The Morgan fingerprint density at radius 3 is 2.40 bits per heavy atom. The van der Waals surface area contributed by atoms with Crippen molar-refractivity contribution in [2.24, 2.45) is 0 Å². The van der Waals surface area contributed by atoms with E-state index in [1.165, 1.54) is 0 Å². The van der Waals surface area contributed by atoms with Crippen LogP contribution in [0.5, 0.6) is 0 Å². The minimum Gasteiger partial charge on any atom is -0.463 e. The molecule has 0 saturated carbocycles. The van der Waals surface area contributed by atoms with Crippen LogP contribution in [-0.4, -0.2) is 58.9 Å². The summed E-state index contributed by atoms with van der Waals surface area (Å²) in [7, 11) is 0. The van der Waals surface area contributed by atoms with Crippen LogP contribution in [0.3, 0.4) is 0 Å². The van der Waals surface area contributed by atoms with Gasteiger partial charge in [0.15, 0.2) is 0 Å². The van der Waals surface area contributed by atoms with Gasteiger partial charge < -0.3 is 24.8 Å². The van der Waals surface area contributed by atoms with Gasteiger partial charge in [0.25, 0.3) is 0 Å². The topological polar surface area (TPSA) is 96.2 Å². The number of aliphatic hydroxyl groups is 3. The predicted octanol–water partition coefficient (Wildman–Crippen LogP) is -1.58. The van der Waals surface area contributed by atoms with Crippen molar-refractivity contribution >= 4 is 5.97 Å². The third-order valence-electron chi connectivity index (χ3n) is 2.34. The number of carbonyl (C=O) groups excluding carboxylic acids is 1. The summed E-state index contributed by atoms with van der Waals surface area (Å²) in [6.45, 7) is 1.16. The van der Waals surface area contributed by atoms with Crippen LogP contribution in [0.15, 0.2) is 0 Å². The normalized spacial score (nSPS) is 35.5. The van der Waals surface area contributed by atoms with E-state index in [4.69, 9.17) is 14.6 Å². The molecule has 0 amide bonds. The number of hydrogen-bond donors (Lipinski definition) is 3. The van der Waals surface area contributed by atoms with Gasteiger partial charge in [0.2, 0.25) is 0 Å². The SMILES string of the molecule is CCC(=O)OC[C@@H]1O[C@H](CO)[C@@H](O)[C@@H]1O. The van der Waals surface area contributed by atoms with Crippen LogP contribution in [0, 0.1) is 0 Å². The predicted molar refractivity (Wildman–Crippen MR) is 49.0 cm³/mol. The lowest BCUT2D eigenvalue weighted by molar-refractivity contribution is -0.149. The van der Waals surface area contributed by atoms with E-state index in [0.29, 0.717) is 0 Å². The zero-order valence-corrected chi connectivity index (χ0v) is 8.50. The largest absolute Gasteiger partial charge is 0.463 e. The molecular weight excluding hydrogens is 204 g/mol. The van der Waals surface area contributed by atoms with E-state index in [-0.39, 0.29) is 19.6 Å². The molecule has 0 aromatic carbocycles. The van der Waals surface area contributed by atoms with Crippen molar-refractivity contribution < 1.29 is 29.6 Å². The fourth-order valence-corrected chi connectivity index (χ4v) is 1.39. The van der Waals surface area contributed by atoms with Gasteiger partial charge in [-0.1, -0.05) is 6.92 Å². The van der Waals surface area contributed by atoms with E-state index in [1.807, 2.05) is 0 Å². The molecule has 3 N–H and O–H groups in total. The first-order valence-corrected chi connectivity index (χ1v) is 4.88. The number of ether oxygens (including phenoxy) is 2. The molecule has 0 aromatic heterocycles. The Hall–Kier alpha value is -0.690. The second-order valence-corrected chi connectivity index (χ2v) is 3.41. The average Bonchev–Trinajstić information content (AvgIpc) is 2.52. The minimum absolute atomic E-state index is 0.110. The first-order valence-electron chi connectivity index (χ1n) is 4.88. The fourth-order valence-electron chi connectivity index (χ4n) is 1.39. The van der Waals surface area contributed by atoms with Crippen molar-refractivity contribution in [1.82, 2.24) is 0 Å². The van der Waals surface area contributed by atoms with Crippen molar-refractivity contribution in [3.05, 3.63) is 0 Å². The van der Waals surface area contributed by atoms with Gasteiger partial charge >= 0.3 is 5.97 Å². The molecule has 0 aliphatic carbocycles. The molecule has 1 aliphatic heterocycles. The lowest BCUT2D eigenvalue weighted by atomic mass is 10.1. The molecule has 0 radical (unpaired) electrons. The highest BCUT2D eigenvalue weighted by Crippen LogP contribution is 2.21. The van der Waals surface area contributed by atoms with Crippen molar-refractivity contribution in [3.8, 4) is 0 Å². The summed E-state index contributed by atoms with van der Waals surface area (Å²) in [5, 5.41) is 27.6. The van der Waals surface area contributed by atoms with Crippen molar-refractivity contribution in [2.75, 3.05) is 13.2 Å². The van der Waals surface area contributed by atoms with E-state index >= 15 is 0 Å². The Morgan fingerprint density at radius 2 is 1.93 bits per heavy atom. The molecule has 15 heavy (non-hydrogen) atoms. The van der Waals surface area contributed by atoms with Gasteiger partial charge in [-0.15, -0.1) is 0 Å². The molecule has 1 heterocycles. The summed E-state index contributed by atoms with van der Waals surface area (Å²) in [6.07, 6.45) is -3.61. The molecule has 4 atom stereocenters. The first kappa shape index (κ1) is 12.4. The quantitative estimate of drug-likeness (QED) is 0.495. The van der Waals surface area contributed by atoms with Gasteiger partial charge in [-0.2, -0.15) is 0 Å². The molecule has 6 heteroatoms. The Balaban J connectivity index is 2.40. The van der Waals surface area contributed by atoms with Gasteiger partial charge in [0.1, 0.15) is 31.0 Å². The van der Waals surface area contributed by atoms with E-state index in [0.717, 1.165) is 0 Å². The summed E-state index contributed by atoms with van der Waals surface area (Å²) >= 11 is 0. The maximum atomic E-state index is 10.8. The van der Waals surface area contributed by atoms with Gasteiger partial charge in [0, 0.05) is 6.42 Å². The second kappa shape index (κ2) is 5.41. The first-order chi connectivity index (χ1) is 7.10. The van der Waals surface area contributed by atoms with Crippen LogP contribution in [0.4, 0.5) is 0 Å². The third-order valence-corrected chi connectivity index (χ3v) is 2.34. The van der Waals surface area contributed by atoms with E-state index in [2.05, 4.69) is 0 Å². The highest BCUT2D eigenvalue weighted by molar-refractivity contribution is 5.68. The summed E-state index contributed by atoms with van der Waals surface area (Å²) in [5.74, 6) is -0.396. The van der Waals surface area contributed by atoms with E-state index in [9.17, 15) is 15.0 Å². The Morgan fingerprint density at radius 1 is 1.33 bits per heavy atom. The molecule has 1 fully saturated rings. The highest BCUT2D eigenvalue weighted by atomic mass is 16.6. The monoisotopic (exact) mass is 220 g/mol. The molecule has 6 nitrogen and oxygen atoms in total. The highest BCUT2D eigenvalue weighted by Gasteiger charge is 2.42. The summed E-state index contributed by atoms with van der Waals surface area (Å²) in [6, 6.07) is 0. The van der Waals surface area contributed by atoms with Crippen LogP contribution in [0.2, 0.25) is 0 Å². The zero-order valence-electron chi connectivity index (χ0n) is 8.50. The number of esters is 1. The fraction of sp³-hybridized carbons (Fsp3) is 0.889. The molecule has 1 aliphatic rings. The van der Waals surface area contributed by atoms with Crippen molar-refractivity contribution in [1.29, 1.82) is 0 Å². The Bertz CT molecular complexity index is 219. The lowest BCUT2D eigenvalue weighted by Crippen LogP contribution is -2.35. The molecule has 88 valence electrons. The van der Waals surface area contributed by atoms with Gasteiger partial charge in [-0.25, -0.2) is 0 Å². The molecule has 0 unspecified atom stereocenters.